The maximum atomic E-state index is 14.0. The molecular weight excluding hydrogens is 281 g/mol. The molecule has 0 heterocycles. The van der Waals surface area contributed by atoms with E-state index < -0.39 is 23.5 Å². The Kier molecular flexibility index (Phi) is 4.82. The summed E-state index contributed by atoms with van der Waals surface area (Å²) >= 11 is 0. The van der Waals surface area contributed by atoms with E-state index in [2.05, 4.69) is 5.43 Å². The van der Waals surface area contributed by atoms with Crippen LogP contribution in [0.3, 0.4) is 0 Å². The molecule has 0 saturated carbocycles. The lowest BCUT2D eigenvalue weighted by Gasteiger charge is -2.18. The first-order valence-electron chi connectivity index (χ1n) is 6.29. The highest BCUT2D eigenvalue weighted by Gasteiger charge is 2.18. The number of nitrogens with one attached hydrogen (secondary N) is 1. The van der Waals surface area contributed by atoms with E-state index >= 15 is 0 Å². The Morgan fingerprint density at radius 2 is 1.90 bits per heavy atom. The third-order valence-corrected chi connectivity index (χ3v) is 3.24. The predicted octanol–water partition coefficient (Wildman–Crippen LogP) is 2.86. The summed E-state index contributed by atoms with van der Waals surface area (Å²) < 4.78 is 45.8. The second-order valence-corrected chi connectivity index (χ2v) is 4.52. The van der Waals surface area contributed by atoms with E-state index in [1.54, 1.807) is 6.07 Å². The van der Waals surface area contributed by atoms with E-state index in [1.165, 1.54) is 31.4 Å². The highest BCUT2D eigenvalue weighted by atomic mass is 19.2. The summed E-state index contributed by atoms with van der Waals surface area (Å²) in [5.74, 6) is 3.35. The van der Waals surface area contributed by atoms with E-state index in [0.717, 1.165) is 6.07 Å². The van der Waals surface area contributed by atoms with Crippen molar-refractivity contribution in [2.75, 3.05) is 7.11 Å². The van der Waals surface area contributed by atoms with Gasteiger partial charge in [-0.15, -0.1) is 0 Å². The van der Waals surface area contributed by atoms with Crippen LogP contribution in [0.15, 0.2) is 36.4 Å². The van der Waals surface area contributed by atoms with E-state index in [4.69, 9.17) is 10.6 Å². The number of hydrogen-bond acceptors (Lipinski definition) is 3. The third kappa shape index (κ3) is 3.34. The van der Waals surface area contributed by atoms with Crippen molar-refractivity contribution in [3.8, 4) is 5.75 Å². The molecule has 2 rings (SSSR count). The summed E-state index contributed by atoms with van der Waals surface area (Å²) in [6.45, 7) is 0. The Bertz CT molecular complexity index is 634. The first-order chi connectivity index (χ1) is 10.1. The maximum Gasteiger partial charge on any atom is 0.162 e. The molecule has 0 bridgehead atoms. The van der Waals surface area contributed by atoms with Crippen molar-refractivity contribution in [1.82, 2.24) is 5.43 Å². The molecule has 0 aliphatic carbocycles. The lowest BCUT2D eigenvalue weighted by atomic mass is 9.98. The molecule has 0 amide bonds. The monoisotopic (exact) mass is 296 g/mol. The van der Waals surface area contributed by atoms with Crippen LogP contribution in [0.5, 0.6) is 5.75 Å². The number of rotatable bonds is 5. The molecule has 0 spiro atoms. The highest BCUT2D eigenvalue weighted by Crippen LogP contribution is 2.25. The van der Waals surface area contributed by atoms with Gasteiger partial charge in [0, 0.05) is 11.6 Å². The summed E-state index contributed by atoms with van der Waals surface area (Å²) in [5, 5.41) is 0. The van der Waals surface area contributed by atoms with Gasteiger partial charge < -0.3 is 4.74 Å². The van der Waals surface area contributed by atoms with Crippen LogP contribution in [-0.2, 0) is 6.42 Å². The second kappa shape index (κ2) is 6.60. The molecule has 3 N–H and O–H groups in total. The molecule has 0 aromatic heterocycles. The van der Waals surface area contributed by atoms with Gasteiger partial charge in [0.1, 0.15) is 11.6 Å². The Labute approximate surface area is 120 Å². The van der Waals surface area contributed by atoms with E-state index in [9.17, 15) is 13.2 Å². The van der Waals surface area contributed by atoms with Gasteiger partial charge >= 0.3 is 0 Å². The normalized spacial score (nSPS) is 12.2. The number of hydrogen-bond donors (Lipinski definition) is 2. The molecule has 112 valence electrons. The summed E-state index contributed by atoms with van der Waals surface area (Å²) in [4.78, 5) is 0. The molecule has 0 aliphatic heterocycles. The Balaban J connectivity index is 2.30. The van der Waals surface area contributed by atoms with Crippen LogP contribution in [0.2, 0.25) is 0 Å². The van der Waals surface area contributed by atoms with Crippen molar-refractivity contribution in [3.05, 3.63) is 65.0 Å². The van der Waals surface area contributed by atoms with Gasteiger partial charge in [0.2, 0.25) is 0 Å². The number of benzene rings is 2. The van der Waals surface area contributed by atoms with E-state index in [1.807, 2.05) is 0 Å². The first kappa shape index (κ1) is 15.3. The second-order valence-electron chi connectivity index (χ2n) is 4.52. The molecule has 3 nitrogen and oxygen atoms in total. The maximum absolute atomic E-state index is 14.0. The van der Waals surface area contributed by atoms with Gasteiger partial charge in [-0.1, -0.05) is 18.2 Å². The fraction of sp³-hybridized carbons (Fsp3) is 0.200. The van der Waals surface area contributed by atoms with Crippen LogP contribution in [0.1, 0.15) is 17.2 Å². The Hall–Kier alpha value is -2.05. The number of hydrazine groups is 1. The minimum Gasteiger partial charge on any atom is -0.497 e. The predicted molar refractivity (Wildman–Crippen MR) is 73.1 cm³/mol. The molecule has 1 atom stereocenters. The molecule has 2 aromatic carbocycles. The van der Waals surface area contributed by atoms with Gasteiger partial charge in [0.25, 0.3) is 0 Å². The highest BCUT2D eigenvalue weighted by molar-refractivity contribution is 5.32. The van der Waals surface area contributed by atoms with Crippen LogP contribution >= 0.6 is 0 Å². The fourth-order valence-electron chi connectivity index (χ4n) is 2.10. The molecule has 21 heavy (non-hydrogen) atoms. The summed E-state index contributed by atoms with van der Waals surface area (Å²) in [6.07, 6.45) is 0.0172. The molecule has 0 saturated heterocycles. The van der Waals surface area contributed by atoms with Crippen molar-refractivity contribution in [3.63, 3.8) is 0 Å². The van der Waals surface area contributed by atoms with Gasteiger partial charge in [-0.25, -0.2) is 13.2 Å². The van der Waals surface area contributed by atoms with Crippen molar-refractivity contribution >= 4 is 0 Å². The van der Waals surface area contributed by atoms with Gasteiger partial charge in [0.15, 0.2) is 11.6 Å². The van der Waals surface area contributed by atoms with Crippen molar-refractivity contribution in [2.45, 2.75) is 12.5 Å². The van der Waals surface area contributed by atoms with Gasteiger partial charge in [-0.2, -0.15) is 0 Å². The summed E-state index contributed by atoms with van der Waals surface area (Å²) in [5.41, 5.74) is 2.79. The SMILES string of the molecule is COc1ccc(C(Cc2cccc(F)c2F)NN)c(F)c1. The lowest BCUT2D eigenvalue weighted by molar-refractivity contribution is 0.408. The van der Waals surface area contributed by atoms with Crippen LogP contribution in [0.4, 0.5) is 13.2 Å². The zero-order valence-corrected chi connectivity index (χ0v) is 11.4. The molecule has 2 aromatic rings. The minimum absolute atomic E-state index is 0.0172. The summed E-state index contributed by atoms with van der Waals surface area (Å²) in [7, 11) is 1.43. The topological polar surface area (TPSA) is 47.3 Å². The van der Waals surface area contributed by atoms with Crippen LogP contribution < -0.4 is 16.0 Å². The molecular formula is C15H15F3N2O. The van der Waals surface area contributed by atoms with E-state index in [0.29, 0.717) is 5.75 Å². The molecule has 0 radical (unpaired) electrons. The Morgan fingerprint density at radius 3 is 2.52 bits per heavy atom. The van der Waals surface area contributed by atoms with Crippen LogP contribution in [-0.4, -0.2) is 7.11 Å². The average Bonchev–Trinajstić information content (AvgIpc) is 2.49. The number of methoxy groups -OCH3 is 1. The van der Waals surface area contributed by atoms with Crippen molar-refractivity contribution in [1.29, 1.82) is 0 Å². The van der Waals surface area contributed by atoms with Crippen LogP contribution in [0.25, 0.3) is 0 Å². The lowest BCUT2D eigenvalue weighted by Crippen LogP contribution is -2.30. The smallest absolute Gasteiger partial charge is 0.162 e. The van der Waals surface area contributed by atoms with E-state index in [-0.39, 0.29) is 17.5 Å². The molecule has 1 unspecified atom stereocenters. The summed E-state index contributed by atoms with van der Waals surface area (Å²) in [6, 6.07) is 7.45. The fourth-order valence-corrected chi connectivity index (χ4v) is 2.10. The third-order valence-electron chi connectivity index (χ3n) is 3.24. The zero-order valence-electron chi connectivity index (χ0n) is 11.4. The number of nitrogens with two attached hydrogens (primary N) is 1. The first-order valence-corrected chi connectivity index (χ1v) is 6.29. The molecule has 6 heteroatoms. The van der Waals surface area contributed by atoms with Gasteiger partial charge in [-0.05, 0) is 24.1 Å². The van der Waals surface area contributed by atoms with Crippen molar-refractivity contribution < 1.29 is 17.9 Å². The minimum atomic E-state index is -0.952. The van der Waals surface area contributed by atoms with Gasteiger partial charge in [0.05, 0.1) is 13.2 Å². The molecule has 0 aliphatic rings. The standard InChI is InChI=1S/C15H15F3N2O/c1-21-10-5-6-11(13(17)8-10)14(20-19)7-9-3-2-4-12(16)15(9)18/h2-6,8,14,20H,7,19H2,1H3. The Morgan fingerprint density at radius 1 is 1.14 bits per heavy atom. The number of halogens is 3. The zero-order chi connectivity index (χ0) is 15.4. The molecule has 0 fully saturated rings. The average molecular weight is 296 g/mol. The van der Waals surface area contributed by atoms with Crippen LogP contribution in [0, 0.1) is 17.5 Å². The van der Waals surface area contributed by atoms with Crippen molar-refractivity contribution in [2.24, 2.45) is 5.84 Å². The quantitative estimate of drug-likeness (QED) is 0.659. The van der Waals surface area contributed by atoms with Gasteiger partial charge in [-0.3, -0.25) is 11.3 Å². The number of ether oxygens (including phenoxy) is 1. The largest absolute Gasteiger partial charge is 0.497 e.